The highest BCUT2D eigenvalue weighted by Gasteiger charge is 2.35. The Kier molecular flexibility index (Phi) is 5.52. The van der Waals surface area contributed by atoms with Gasteiger partial charge in [0.1, 0.15) is 9.84 Å². The van der Waals surface area contributed by atoms with Gasteiger partial charge in [-0.3, -0.25) is 0 Å². The fourth-order valence-corrected chi connectivity index (χ4v) is 4.05. The smallest absolute Gasteiger partial charge is 0.315 e. The number of amides is 2. The SMILES string of the molecule is CC(CCS(C)(=O)=O)NC(=O)NC1CCCC(C2CC2)C1. The Bertz CT molecular complexity index is 460. The predicted octanol–water partition coefficient (Wildman–Crippen LogP) is 2.08. The van der Waals surface area contributed by atoms with Gasteiger partial charge in [0, 0.05) is 18.3 Å². The first-order valence-electron chi connectivity index (χ1n) is 8.08. The summed E-state index contributed by atoms with van der Waals surface area (Å²) in [7, 11) is -2.96. The molecular weight excluding hydrogens is 288 g/mol. The minimum Gasteiger partial charge on any atom is -0.336 e. The van der Waals surface area contributed by atoms with Crippen molar-refractivity contribution in [2.45, 2.75) is 64.0 Å². The zero-order valence-electron chi connectivity index (χ0n) is 13.1. The molecule has 0 aromatic heterocycles. The summed E-state index contributed by atoms with van der Waals surface area (Å²) >= 11 is 0. The molecule has 0 aromatic carbocycles. The van der Waals surface area contributed by atoms with E-state index in [0.717, 1.165) is 24.7 Å². The highest BCUT2D eigenvalue weighted by Crippen LogP contribution is 2.43. The van der Waals surface area contributed by atoms with Gasteiger partial charge in [0.25, 0.3) is 0 Å². The second-order valence-corrected chi connectivity index (χ2v) is 9.16. The van der Waals surface area contributed by atoms with Gasteiger partial charge < -0.3 is 10.6 Å². The molecule has 6 heteroatoms. The van der Waals surface area contributed by atoms with Crippen LogP contribution in [0.15, 0.2) is 0 Å². The third kappa shape index (κ3) is 6.24. The minimum atomic E-state index is -2.96. The van der Waals surface area contributed by atoms with E-state index < -0.39 is 9.84 Å². The van der Waals surface area contributed by atoms with Crippen molar-refractivity contribution in [3.8, 4) is 0 Å². The molecule has 2 saturated carbocycles. The average molecular weight is 316 g/mol. The summed E-state index contributed by atoms with van der Waals surface area (Å²) in [5, 5.41) is 5.91. The van der Waals surface area contributed by atoms with Gasteiger partial charge in [0.05, 0.1) is 5.75 Å². The summed E-state index contributed by atoms with van der Waals surface area (Å²) in [6, 6.07) is 0.00597. The standard InChI is InChI=1S/C15H28N2O3S/c1-11(8-9-21(2,19)20)16-15(18)17-14-5-3-4-13(10-14)12-6-7-12/h11-14H,3-10H2,1-2H3,(H2,16,17,18). The number of hydrogen-bond acceptors (Lipinski definition) is 3. The number of hydrogen-bond donors (Lipinski definition) is 2. The van der Waals surface area contributed by atoms with Crippen molar-refractivity contribution in [2.24, 2.45) is 11.8 Å². The third-order valence-corrected chi connectivity index (χ3v) is 5.62. The molecule has 0 radical (unpaired) electrons. The van der Waals surface area contributed by atoms with Gasteiger partial charge in [-0.1, -0.05) is 12.8 Å². The molecule has 2 aliphatic carbocycles. The van der Waals surface area contributed by atoms with Crippen molar-refractivity contribution in [2.75, 3.05) is 12.0 Å². The van der Waals surface area contributed by atoms with Crippen molar-refractivity contribution < 1.29 is 13.2 Å². The quantitative estimate of drug-likeness (QED) is 0.788. The maximum absolute atomic E-state index is 12.0. The minimum absolute atomic E-state index is 0.113. The predicted molar refractivity (Wildman–Crippen MR) is 83.9 cm³/mol. The molecule has 3 atom stereocenters. The lowest BCUT2D eigenvalue weighted by atomic mass is 9.83. The van der Waals surface area contributed by atoms with Crippen molar-refractivity contribution in [3.05, 3.63) is 0 Å². The molecule has 0 bridgehead atoms. The van der Waals surface area contributed by atoms with E-state index in [-0.39, 0.29) is 23.9 Å². The summed E-state index contributed by atoms with van der Waals surface area (Å²) in [5.74, 6) is 1.82. The van der Waals surface area contributed by atoms with Crippen LogP contribution in [0.4, 0.5) is 4.79 Å². The van der Waals surface area contributed by atoms with Crippen LogP contribution in [0.1, 0.15) is 51.9 Å². The van der Waals surface area contributed by atoms with Gasteiger partial charge in [0.15, 0.2) is 0 Å². The van der Waals surface area contributed by atoms with E-state index in [4.69, 9.17) is 0 Å². The fraction of sp³-hybridized carbons (Fsp3) is 0.933. The molecule has 2 aliphatic rings. The highest BCUT2D eigenvalue weighted by atomic mass is 32.2. The Morgan fingerprint density at radius 1 is 1.19 bits per heavy atom. The van der Waals surface area contributed by atoms with E-state index in [1.165, 1.54) is 31.9 Å². The highest BCUT2D eigenvalue weighted by molar-refractivity contribution is 7.90. The van der Waals surface area contributed by atoms with E-state index >= 15 is 0 Å². The summed E-state index contributed by atoms with van der Waals surface area (Å²) in [5.41, 5.74) is 0. The largest absolute Gasteiger partial charge is 0.336 e. The Morgan fingerprint density at radius 2 is 1.90 bits per heavy atom. The van der Waals surface area contributed by atoms with Crippen LogP contribution >= 0.6 is 0 Å². The van der Waals surface area contributed by atoms with Crippen molar-refractivity contribution >= 4 is 15.9 Å². The van der Waals surface area contributed by atoms with Crippen LogP contribution in [-0.2, 0) is 9.84 Å². The van der Waals surface area contributed by atoms with Crippen LogP contribution in [0.2, 0.25) is 0 Å². The maximum atomic E-state index is 12.0. The molecule has 0 heterocycles. The van der Waals surface area contributed by atoms with Crippen LogP contribution in [0, 0.1) is 11.8 Å². The van der Waals surface area contributed by atoms with Crippen LogP contribution < -0.4 is 10.6 Å². The molecule has 2 N–H and O–H groups in total. The number of carbonyl (C=O) groups excluding carboxylic acids is 1. The van der Waals surface area contributed by atoms with Gasteiger partial charge in [-0.25, -0.2) is 13.2 Å². The van der Waals surface area contributed by atoms with Crippen LogP contribution in [-0.4, -0.2) is 38.5 Å². The van der Waals surface area contributed by atoms with Gasteiger partial charge in [0.2, 0.25) is 0 Å². The monoisotopic (exact) mass is 316 g/mol. The molecule has 2 rings (SSSR count). The van der Waals surface area contributed by atoms with E-state index in [2.05, 4.69) is 10.6 Å². The Balaban J connectivity index is 1.68. The van der Waals surface area contributed by atoms with E-state index in [9.17, 15) is 13.2 Å². The lowest BCUT2D eigenvalue weighted by molar-refractivity contribution is 0.218. The van der Waals surface area contributed by atoms with Crippen LogP contribution in [0.3, 0.4) is 0 Å². The normalized spacial score (nSPS) is 27.9. The van der Waals surface area contributed by atoms with E-state index in [0.29, 0.717) is 6.42 Å². The molecule has 2 fully saturated rings. The molecule has 21 heavy (non-hydrogen) atoms. The van der Waals surface area contributed by atoms with Gasteiger partial charge in [-0.15, -0.1) is 0 Å². The molecular formula is C15H28N2O3S. The number of carbonyl (C=O) groups is 1. The number of rotatable bonds is 6. The van der Waals surface area contributed by atoms with E-state index in [1.54, 1.807) is 0 Å². The molecule has 5 nitrogen and oxygen atoms in total. The first-order chi connectivity index (χ1) is 9.83. The number of urea groups is 1. The first kappa shape index (κ1) is 16.6. The zero-order chi connectivity index (χ0) is 15.5. The van der Waals surface area contributed by atoms with E-state index in [1.807, 2.05) is 6.92 Å². The van der Waals surface area contributed by atoms with Gasteiger partial charge in [-0.2, -0.15) is 0 Å². The molecule has 2 amide bonds. The van der Waals surface area contributed by atoms with Crippen LogP contribution in [0.5, 0.6) is 0 Å². The summed E-state index contributed by atoms with van der Waals surface area (Å²) in [6.07, 6.45) is 9.11. The Hall–Kier alpha value is -0.780. The molecule has 0 spiro atoms. The van der Waals surface area contributed by atoms with Crippen molar-refractivity contribution in [1.29, 1.82) is 0 Å². The Labute approximate surface area is 128 Å². The average Bonchev–Trinajstić information content (AvgIpc) is 3.20. The first-order valence-corrected chi connectivity index (χ1v) is 10.1. The summed E-state index contributed by atoms with van der Waals surface area (Å²) < 4.78 is 22.2. The maximum Gasteiger partial charge on any atom is 0.315 e. The summed E-state index contributed by atoms with van der Waals surface area (Å²) in [4.78, 5) is 12.0. The van der Waals surface area contributed by atoms with Crippen molar-refractivity contribution in [3.63, 3.8) is 0 Å². The third-order valence-electron chi connectivity index (χ3n) is 4.64. The van der Waals surface area contributed by atoms with Gasteiger partial charge >= 0.3 is 6.03 Å². The summed E-state index contributed by atoms with van der Waals surface area (Å²) in [6.45, 7) is 1.85. The molecule has 122 valence electrons. The molecule has 0 aliphatic heterocycles. The van der Waals surface area contributed by atoms with Gasteiger partial charge in [-0.05, 0) is 50.9 Å². The Morgan fingerprint density at radius 3 is 2.52 bits per heavy atom. The second-order valence-electron chi connectivity index (χ2n) is 6.90. The second kappa shape index (κ2) is 6.99. The fourth-order valence-electron chi connectivity index (χ4n) is 3.27. The molecule has 0 aromatic rings. The lowest BCUT2D eigenvalue weighted by Crippen LogP contribution is -2.47. The number of sulfone groups is 1. The molecule has 3 unspecified atom stereocenters. The van der Waals surface area contributed by atoms with Crippen molar-refractivity contribution in [1.82, 2.24) is 10.6 Å². The topological polar surface area (TPSA) is 75.3 Å². The number of nitrogens with one attached hydrogen (secondary N) is 2. The van der Waals surface area contributed by atoms with Crippen LogP contribution in [0.25, 0.3) is 0 Å². The molecule has 0 saturated heterocycles. The zero-order valence-corrected chi connectivity index (χ0v) is 13.9. The lowest BCUT2D eigenvalue weighted by Gasteiger charge is -2.30.